The van der Waals surface area contributed by atoms with Crippen LogP contribution in [0.3, 0.4) is 0 Å². The standard InChI is InChI=1S/C36H40BrN3O4S/c1-25(2)38-36(42)34(22-29-12-7-6-8-13-29)39(23-30-14-10-15-31(37)21-30)35(41)24-40(33-16-9-11-27(4)28(33)5)45(43,44)32-19-17-26(3)18-20-32/h6-21,25,34H,22-24H2,1-5H3,(H,38,42)/t34-/m1/s1. The van der Waals surface area contributed by atoms with Gasteiger partial charge >= 0.3 is 0 Å². The van der Waals surface area contributed by atoms with Crippen LogP contribution in [0.25, 0.3) is 0 Å². The summed E-state index contributed by atoms with van der Waals surface area (Å²) in [6.07, 6.45) is 0.257. The number of benzene rings is 4. The number of nitrogens with zero attached hydrogens (tertiary/aromatic N) is 2. The minimum Gasteiger partial charge on any atom is -0.352 e. The topological polar surface area (TPSA) is 86.8 Å². The van der Waals surface area contributed by atoms with Crippen LogP contribution in [0.2, 0.25) is 0 Å². The molecule has 0 bridgehead atoms. The van der Waals surface area contributed by atoms with Crippen molar-refractivity contribution in [1.82, 2.24) is 10.2 Å². The molecule has 45 heavy (non-hydrogen) atoms. The van der Waals surface area contributed by atoms with Crippen molar-refractivity contribution in [2.75, 3.05) is 10.8 Å². The van der Waals surface area contributed by atoms with Crippen LogP contribution in [-0.2, 0) is 32.6 Å². The van der Waals surface area contributed by atoms with Crippen molar-refractivity contribution in [3.63, 3.8) is 0 Å². The molecule has 0 radical (unpaired) electrons. The van der Waals surface area contributed by atoms with Gasteiger partial charge in [0.25, 0.3) is 10.0 Å². The largest absolute Gasteiger partial charge is 0.352 e. The molecular weight excluding hydrogens is 650 g/mol. The molecule has 0 aliphatic heterocycles. The first-order valence-corrected chi connectivity index (χ1v) is 17.1. The lowest BCUT2D eigenvalue weighted by Gasteiger charge is -2.34. The molecule has 4 rings (SSSR count). The SMILES string of the molecule is Cc1ccc(S(=O)(=O)N(CC(=O)N(Cc2cccc(Br)c2)[C@H](Cc2ccccc2)C(=O)NC(C)C)c2cccc(C)c2C)cc1. The van der Waals surface area contributed by atoms with E-state index in [0.717, 1.165) is 32.3 Å². The third-order valence-electron chi connectivity index (χ3n) is 7.68. The van der Waals surface area contributed by atoms with Crippen molar-refractivity contribution in [3.05, 3.63) is 129 Å². The Bertz CT molecular complexity index is 1740. The van der Waals surface area contributed by atoms with Crippen LogP contribution in [0, 0.1) is 20.8 Å². The van der Waals surface area contributed by atoms with Crippen molar-refractivity contribution in [2.24, 2.45) is 0 Å². The maximum Gasteiger partial charge on any atom is 0.264 e. The fourth-order valence-corrected chi connectivity index (χ4v) is 7.04. The molecule has 0 aliphatic carbocycles. The van der Waals surface area contributed by atoms with E-state index in [-0.39, 0.29) is 29.8 Å². The molecule has 1 atom stereocenters. The van der Waals surface area contributed by atoms with Crippen LogP contribution in [0.4, 0.5) is 5.69 Å². The van der Waals surface area contributed by atoms with E-state index in [1.807, 2.05) is 95.3 Å². The summed E-state index contributed by atoms with van der Waals surface area (Å²) in [6, 6.07) is 28.0. The number of amides is 2. The van der Waals surface area contributed by atoms with Gasteiger partial charge in [-0.05, 0) is 87.2 Å². The number of hydrogen-bond acceptors (Lipinski definition) is 4. The number of sulfonamides is 1. The third-order valence-corrected chi connectivity index (χ3v) is 9.94. The van der Waals surface area contributed by atoms with Gasteiger partial charge in [-0.25, -0.2) is 8.42 Å². The molecule has 7 nitrogen and oxygen atoms in total. The molecule has 0 saturated heterocycles. The number of rotatable bonds is 12. The molecule has 0 aliphatic rings. The average Bonchev–Trinajstić information content (AvgIpc) is 2.99. The van der Waals surface area contributed by atoms with Crippen LogP contribution in [-0.4, -0.2) is 43.8 Å². The lowest BCUT2D eigenvalue weighted by molar-refractivity contribution is -0.140. The molecule has 0 fully saturated rings. The molecule has 0 saturated carbocycles. The number of carbonyl (C=O) groups is 2. The van der Waals surface area contributed by atoms with Crippen LogP contribution in [0.1, 0.15) is 41.7 Å². The molecule has 4 aromatic rings. The van der Waals surface area contributed by atoms with Crippen LogP contribution < -0.4 is 9.62 Å². The van der Waals surface area contributed by atoms with Crippen LogP contribution in [0.5, 0.6) is 0 Å². The average molecular weight is 691 g/mol. The van der Waals surface area contributed by atoms with Crippen molar-refractivity contribution < 1.29 is 18.0 Å². The summed E-state index contributed by atoms with van der Waals surface area (Å²) in [6.45, 7) is 8.99. The second-order valence-electron chi connectivity index (χ2n) is 11.6. The number of anilines is 1. The number of hydrogen-bond donors (Lipinski definition) is 1. The number of halogens is 1. The Morgan fingerprint density at radius 2 is 1.47 bits per heavy atom. The molecular formula is C36H40BrN3O4S. The fourth-order valence-electron chi connectivity index (χ4n) is 5.12. The molecule has 1 N–H and O–H groups in total. The zero-order valence-electron chi connectivity index (χ0n) is 26.3. The highest BCUT2D eigenvalue weighted by Crippen LogP contribution is 2.29. The Labute approximate surface area is 275 Å². The summed E-state index contributed by atoms with van der Waals surface area (Å²) in [7, 11) is -4.16. The van der Waals surface area contributed by atoms with Crippen molar-refractivity contribution in [2.45, 2.75) is 64.6 Å². The van der Waals surface area contributed by atoms with Gasteiger partial charge in [-0.15, -0.1) is 0 Å². The summed E-state index contributed by atoms with van der Waals surface area (Å²) in [4.78, 5) is 30.0. The van der Waals surface area contributed by atoms with Gasteiger partial charge in [0, 0.05) is 23.5 Å². The highest BCUT2D eigenvalue weighted by Gasteiger charge is 2.35. The molecule has 2 amide bonds. The van der Waals surface area contributed by atoms with Gasteiger partial charge in [-0.1, -0.05) is 88.2 Å². The lowest BCUT2D eigenvalue weighted by atomic mass is 10.0. The Hall–Kier alpha value is -3.95. The molecule has 0 spiro atoms. The third kappa shape index (κ3) is 8.61. The Morgan fingerprint density at radius 3 is 2.11 bits per heavy atom. The van der Waals surface area contributed by atoms with Gasteiger partial charge in [0.2, 0.25) is 11.8 Å². The number of carbonyl (C=O) groups excluding carboxylic acids is 2. The van der Waals surface area contributed by atoms with Gasteiger partial charge in [-0.2, -0.15) is 0 Å². The van der Waals surface area contributed by atoms with E-state index in [1.54, 1.807) is 36.4 Å². The van der Waals surface area contributed by atoms with Gasteiger partial charge in [0.1, 0.15) is 12.6 Å². The molecule has 9 heteroatoms. The lowest BCUT2D eigenvalue weighted by Crippen LogP contribution is -2.54. The van der Waals surface area contributed by atoms with Crippen molar-refractivity contribution in [1.29, 1.82) is 0 Å². The first-order chi connectivity index (χ1) is 21.4. The Kier molecular flexibility index (Phi) is 11.2. The normalized spacial score (nSPS) is 12.1. The zero-order chi connectivity index (χ0) is 32.7. The Morgan fingerprint density at radius 1 is 0.822 bits per heavy atom. The van der Waals surface area contributed by atoms with E-state index in [1.165, 1.54) is 9.21 Å². The summed E-state index contributed by atoms with van der Waals surface area (Å²) in [5.74, 6) is -0.803. The molecule has 236 valence electrons. The van der Waals surface area contributed by atoms with Crippen LogP contribution >= 0.6 is 15.9 Å². The highest BCUT2D eigenvalue weighted by molar-refractivity contribution is 9.10. The highest BCUT2D eigenvalue weighted by atomic mass is 79.9. The second kappa shape index (κ2) is 14.9. The van der Waals surface area contributed by atoms with Gasteiger partial charge in [-0.3, -0.25) is 13.9 Å². The number of aryl methyl sites for hydroxylation is 2. The second-order valence-corrected chi connectivity index (χ2v) is 14.3. The molecule has 0 heterocycles. The maximum absolute atomic E-state index is 14.6. The van der Waals surface area contributed by atoms with Gasteiger partial charge in [0.05, 0.1) is 10.6 Å². The van der Waals surface area contributed by atoms with E-state index < -0.39 is 28.5 Å². The van der Waals surface area contributed by atoms with E-state index in [0.29, 0.717) is 5.69 Å². The molecule has 4 aromatic carbocycles. The first kappa shape index (κ1) is 33.9. The fraction of sp³-hybridized carbons (Fsp3) is 0.278. The summed E-state index contributed by atoms with van der Waals surface area (Å²) in [5, 5.41) is 2.98. The smallest absolute Gasteiger partial charge is 0.264 e. The monoisotopic (exact) mass is 689 g/mol. The Balaban J connectivity index is 1.84. The quantitative estimate of drug-likeness (QED) is 0.179. The predicted molar refractivity (Wildman–Crippen MR) is 184 cm³/mol. The summed E-state index contributed by atoms with van der Waals surface area (Å²) >= 11 is 3.51. The molecule has 0 aromatic heterocycles. The van der Waals surface area contributed by atoms with E-state index in [4.69, 9.17) is 0 Å². The van der Waals surface area contributed by atoms with Crippen molar-refractivity contribution >= 4 is 43.5 Å². The molecule has 0 unspecified atom stereocenters. The summed E-state index contributed by atoms with van der Waals surface area (Å²) in [5.41, 5.74) is 4.66. The van der Waals surface area contributed by atoms with E-state index in [9.17, 15) is 18.0 Å². The van der Waals surface area contributed by atoms with Gasteiger partial charge in [0.15, 0.2) is 0 Å². The number of nitrogens with one attached hydrogen (secondary N) is 1. The minimum absolute atomic E-state index is 0.0822. The summed E-state index contributed by atoms with van der Waals surface area (Å²) < 4.78 is 30.6. The van der Waals surface area contributed by atoms with E-state index in [2.05, 4.69) is 21.2 Å². The minimum atomic E-state index is -4.16. The zero-order valence-corrected chi connectivity index (χ0v) is 28.7. The first-order valence-electron chi connectivity index (χ1n) is 14.9. The van der Waals surface area contributed by atoms with Crippen molar-refractivity contribution in [3.8, 4) is 0 Å². The van der Waals surface area contributed by atoms with Crippen LogP contribution in [0.15, 0.2) is 106 Å². The van der Waals surface area contributed by atoms with E-state index >= 15 is 0 Å². The van der Waals surface area contributed by atoms with Gasteiger partial charge < -0.3 is 10.2 Å². The maximum atomic E-state index is 14.6. The predicted octanol–water partition coefficient (Wildman–Crippen LogP) is 6.73.